The summed E-state index contributed by atoms with van der Waals surface area (Å²) in [6.45, 7) is 2.06. The van der Waals surface area contributed by atoms with Gasteiger partial charge in [-0.05, 0) is 36.4 Å². The summed E-state index contributed by atoms with van der Waals surface area (Å²) in [5.74, 6) is 1.60. The number of fused-ring (bicyclic) bond motifs is 1. The Bertz CT molecular complexity index is 853. The van der Waals surface area contributed by atoms with Crippen LogP contribution in [0.1, 0.15) is 12.8 Å². The molecule has 7 nitrogen and oxygen atoms in total. The van der Waals surface area contributed by atoms with Crippen molar-refractivity contribution in [3.8, 4) is 10.7 Å². The minimum atomic E-state index is 0.152. The van der Waals surface area contributed by atoms with Crippen LogP contribution >= 0.6 is 11.3 Å². The quantitative estimate of drug-likeness (QED) is 0.725. The van der Waals surface area contributed by atoms with Gasteiger partial charge in [-0.25, -0.2) is 0 Å². The van der Waals surface area contributed by atoms with E-state index in [1.807, 2.05) is 46.5 Å². The van der Waals surface area contributed by atoms with E-state index in [0.29, 0.717) is 12.2 Å². The van der Waals surface area contributed by atoms with Gasteiger partial charge in [-0.3, -0.25) is 4.79 Å². The van der Waals surface area contributed by atoms with Crippen LogP contribution < -0.4 is 4.90 Å². The van der Waals surface area contributed by atoms with Crippen molar-refractivity contribution >= 4 is 28.7 Å². The molecule has 0 saturated carbocycles. The van der Waals surface area contributed by atoms with Gasteiger partial charge < -0.3 is 9.80 Å². The zero-order chi connectivity index (χ0) is 16.5. The lowest BCUT2D eigenvalue weighted by Gasteiger charge is -2.21. The van der Waals surface area contributed by atoms with Gasteiger partial charge in [0.15, 0.2) is 11.5 Å². The molecule has 1 saturated heterocycles. The predicted molar refractivity (Wildman–Crippen MR) is 93.2 cm³/mol. The number of hydrogen-bond acceptors (Lipinski definition) is 6. The van der Waals surface area contributed by atoms with Crippen molar-refractivity contribution in [2.24, 2.45) is 0 Å². The fourth-order valence-corrected chi connectivity index (χ4v) is 3.59. The molecule has 1 aliphatic heterocycles. The highest BCUT2D eigenvalue weighted by molar-refractivity contribution is 7.13. The zero-order valence-electron chi connectivity index (χ0n) is 13.4. The maximum Gasteiger partial charge on any atom is 0.242 e. The Labute approximate surface area is 143 Å². The fourth-order valence-electron chi connectivity index (χ4n) is 2.89. The summed E-state index contributed by atoms with van der Waals surface area (Å²) in [7, 11) is 1.89. The molecule has 124 valence electrons. The van der Waals surface area contributed by atoms with E-state index in [0.717, 1.165) is 42.5 Å². The topological polar surface area (TPSA) is 66.6 Å². The van der Waals surface area contributed by atoms with Gasteiger partial charge in [-0.2, -0.15) is 4.52 Å². The Morgan fingerprint density at radius 3 is 2.83 bits per heavy atom. The van der Waals surface area contributed by atoms with E-state index < -0.39 is 0 Å². The zero-order valence-corrected chi connectivity index (χ0v) is 14.2. The second-order valence-electron chi connectivity index (χ2n) is 5.91. The van der Waals surface area contributed by atoms with Gasteiger partial charge in [0.2, 0.25) is 5.91 Å². The highest BCUT2D eigenvalue weighted by Crippen LogP contribution is 2.23. The van der Waals surface area contributed by atoms with Crippen LogP contribution in [0.4, 0.5) is 5.82 Å². The lowest BCUT2D eigenvalue weighted by atomic mass is 10.4. The first-order valence-corrected chi connectivity index (χ1v) is 8.85. The number of carbonyl (C=O) groups is 1. The number of likely N-dealkylation sites (tertiary alicyclic amines) is 1. The van der Waals surface area contributed by atoms with E-state index in [1.54, 1.807) is 15.9 Å². The van der Waals surface area contributed by atoms with Crippen LogP contribution in [0.25, 0.3) is 16.3 Å². The molecule has 8 heteroatoms. The van der Waals surface area contributed by atoms with Crippen LogP contribution in [0.2, 0.25) is 0 Å². The Balaban J connectivity index is 1.59. The first-order valence-electron chi connectivity index (χ1n) is 7.97. The molecule has 0 bridgehead atoms. The average Bonchev–Trinajstić information content (AvgIpc) is 3.33. The molecule has 1 aliphatic rings. The second-order valence-corrected chi connectivity index (χ2v) is 6.85. The molecule has 1 amide bonds. The van der Waals surface area contributed by atoms with Crippen LogP contribution in [-0.2, 0) is 4.79 Å². The van der Waals surface area contributed by atoms with Crippen molar-refractivity contribution in [2.75, 3.05) is 31.6 Å². The monoisotopic (exact) mass is 342 g/mol. The maximum absolute atomic E-state index is 12.3. The van der Waals surface area contributed by atoms with E-state index in [-0.39, 0.29) is 5.91 Å². The van der Waals surface area contributed by atoms with E-state index in [4.69, 9.17) is 0 Å². The van der Waals surface area contributed by atoms with Crippen molar-refractivity contribution in [2.45, 2.75) is 12.8 Å². The van der Waals surface area contributed by atoms with Crippen molar-refractivity contribution in [3.05, 3.63) is 29.6 Å². The molecule has 0 unspecified atom stereocenters. The number of thiophene rings is 1. The standard InChI is InChI=1S/C16H18N6OS/c1-20(11-15(23)21-8-2-3-9-21)14-7-6-13-17-18-16(22(13)19-14)12-5-4-10-24-12/h4-7,10H,2-3,8-9,11H2,1H3. The number of rotatable bonds is 4. The number of amides is 1. The Morgan fingerprint density at radius 1 is 1.25 bits per heavy atom. The SMILES string of the molecule is CN(CC(=O)N1CCCC1)c1ccc2nnc(-c3cccs3)n2n1. The number of carbonyl (C=O) groups excluding carboxylic acids is 1. The van der Waals surface area contributed by atoms with Crippen LogP contribution in [0.5, 0.6) is 0 Å². The summed E-state index contributed by atoms with van der Waals surface area (Å²) in [6.07, 6.45) is 2.20. The molecule has 3 aromatic rings. The molecule has 0 spiro atoms. The summed E-state index contributed by atoms with van der Waals surface area (Å²) < 4.78 is 1.73. The molecule has 24 heavy (non-hydrogen) atoms. The molecule has 0 aromatic carbocycles. The minimum Gasteiger partial charge on any atom is -0.349 e. The smallest absolute Gasteiger partial charge is 0.242 e. The van der Waals surface area contributed by atoms with Gasteiger partial charge in [0, 0.05) is 20.1 Å². The van der Waals surface area contributed by atoms with Gasteiger partial charge in [-0.1, -0.05) is 6.07 Å². The third-order valence-corrected chi connectivity index (χ3v) is 5.08. The molecular weight excluding hydrogens is 324 g/mol. The van der Waals surface area contributed by atoms with Crippen LogP contribution in [0.3, 0.4) is 0 Å². The molecule has 4 rings (SSSR count). The van der Waals surface area contributed by atoms with Gasteiger partial charge in [-0.15, -0.1) is 26.6 Å². The number of likely N-dealkylation sites (N-methyl/N-ethyl adjacent to an activating group) is 1. The summed E-state index contributed by atoms with van der Waals surface area (Å²) in [4.78, 5) is 17.1. The summed E-state index contributed by atoms with van der Waals surface area (Å²) in [5.41, 5.74) is 0.696. The summed E-state index contributed by atoms with van der Waals surface area (Å²) >= 11 is 1.60. The highest BCUT2D eigenvalue weighted by Gasteiger charge is 2.20. The Kier molecular flexibility index (Phi) is 3.89. The Hall–Kier alpha value is -2.48. The van der Waals surface area contributed by atoms with E-state index in [2.05, 4.69) is 15.3 Å². The minimum absolute atomic E-state index is 0.152. The van der Waals surface area contributed by atoms with Crippen molar-refractivity contribution in [1.82, 2.24) is 24.7 Å². The van der Waals surface area contributed by atoms with Crippen LogP contribution in [0, 0.1) is 0 Å². The number of aromatic nitrogens is 4. The molecule has 3 aromatic heterocycles. The van der Waals surface area contributed by atoms with E-state index >= 15 is 0 Å². The van der Waals surface area contributed by atoms with Crippen molar-refractivity contribution in [3.63, 3.8) is 0 Å². The molecule has 0 atom stereocenters. The first-order chi connectivity index (χ1) is 11.7. The van der Waals surface area contributed by atoms with E-state index in [1.165, 1.54) is 0 Å². The third-order valence-electron chi connectivity index (χ3n) is 4.21. The molecule has 0 aliphatic carbocycles. The lowest BCUT2D eigenvalue weighted by molar-refractivity contribution is -0.128. The largest absolute Gasteiger partial charge is 0.349 e. The van der Waals surface area contributed by atoms with Crippen LogP contribution in [-0.4, -0.2) is 57.3 Å². The van der Waals surface area contributed by atoms with E-state index in [9.17, 15) is 4.79 Å². The van der Waals surface area contributed by atoms with Crippen molar-refractivity contribution < 1.29 is 4.79 Å². The number of nitrogens with zero attached hydrogens (tertiary/aromatic N) is 6. The maximum atomic E-state index is 12.3. The first kappa shape index (κ1) is 15.1. The summed E-state index contributed by atoms with van der Waals surface area (Å²) in [5, 5.41) is 15.0. The predicted octanol–water partition coefficient (Wildman–Crippen LogP) is 1.91. The van der Waals surface area contributed by atoms with Gasteiger partial charge >= 0.3 is 0 Å². The second kappa shape index (κ2) is 6.20. The highest BCUT2D eigenvalue weighted by atomic mass is 32.1. The molecule has 0 radical (unpaired) electrons. The van der Waals surface area contributed by atoms with Crippen molar-refractivity contribution in [1.29, 1.82) is 0 Å². The van der Waals surface area contributed by atoms with Gasteiger partial charge in [0.25, 0.3) is 0 Å². The number of anilines is 1. The molecule has 4 heterocycles. The Morgan fingerprint density at radius 2 is 2.08 bits per heavy atom. The molecule has 1 fully saturated rings. The molecule has 0 N–H and O–H groups in total. The van der Waals surface area contributed by atoms with Gasteiger partial charge in [0.05, 0.1) is 11.4 Å². The van der Waals surface area contributed by atoms with Crippen LogP contribution in [0.15, 0.2) is 29.6 Å². The molecular formula is C16H18N6OS. The fraction of sp³-hybridized carbons (Fsp3) is 0.375. The lowest BCUT2D eigenvalue weighted by Crippen LogP contribution is -2.37. The van der Waals surface area contributed by atoms with Gasteiger partial charge in [0.1, 0.15) is 5.82 Å². The summed E-state index contributed by atoms with van der Waals surface area (Å²) in [6, 6.07) is 7.73. The average molecular weight is 342 g/mol. The number of hydrogen-bond donors (Lipinski definition) is 0. The third kappa shape index (κ3) is 2.73. The normalized spacial score (nSPS) is 14.5.